The Labute approximate surface area is 112 Å². The molecule has 0 bridgehead atoms. The summed E-state index contributed by atoms with van der Waals surface area (Å²) < 4.78 is 10.5. The molecule has 1 amide bonds. The lowest BCUT2D eigenvalue weighted by atomic mass is 9.74. The molecule has 0 aromatic carbocycles. The lowest BCUT2D eigenvalue weighted by molar-refractivity contribution is -0.140. The first-order chi connectivity index (χ1) is 8.58. The Bertz CT molecular complexity index is 303. The Hall–Kier alpha value is -0.685. The molecule has 1 fully saturated rings. The summed E-state index contributed by atoms with van der Waals surface area (Å²) in [5.41, 5.74) is 0. The monoisotopic (exact) mass is 273 g/mol. The highest BCUT2D eigenvalue weighted by atomic mass is 32.2. The Kier molecular flexibility index (Phi) is 6.56. The largest absolute Gasteiger partial charge is 0.551 e. The number of carbonyl (C=O) groups is 2. The molecule has 0 spiro atoms. The van der Waals surface area contributed by atoms with Crippen LogP contribution in [-0.4, -0.2) is 43.0 Å². The van der Waals surface area contributed by atoms with Crippen molar-refractivity contribution in [2.45, 2.75) is 44.3 Å². The van der Waals surface area contributed by atoms with Crippen LogP contribution in [0.25, 0.3) is 0 Å². The van der Waals surface area contributed by atoms with Gasteiger partial charge in [0.15, 0.2) is 0 Å². The van der Waals surface area contributed by atoms with Crippen molar-refractivity contribution in [3.05, 3.63) is 0 Å². The molecule has 0 aromatic rings. The maximum atomic E-state index is 11.9. The van der Waals surface area contributed by atoms with E-state index < -0.39 is 7.12 Å². The zero-order valence-electron chi connectivity index (χ0n) is 11.1. The number of rotatable bonds is 6. The predicted octanol–water partition coefficient (Wildman–Crippen LogP) is 1.01. The minimum atomic E-state index is -0.649. The van der Waals surface area contributed by atoms with Gasteiger partial charge in [0, 0.05) is 6.61 Å². The fourth-order valence-corrected chi connectivity index (χ4v) is 1.96. The highest BCUT2D eigenvalue weighted by molar-refractivity contribution is 7.99. The van der Waals surface area contributed by atoms with Gasteiger partial charge in [-0.25, -0.2) is 0 Å². The summed E-state index contributed by atoms with van der Waals surface area (Å²) in [6.45, 7) is 4.22. The molecule has 2 atom stereocenters. The molecule has 0 aromatic heterocycles. The highest BCUT2D eigenvalue weighted by Gasteiger charge is 2.37. The normalized spacial score (nSPS) is 19.1. The van der Waals surface area contributed by atoms with Crippen LogP contribution in [0.1, 0.15) is 33.1 Å². The molecule has 0 radical (unpaired) electrons. The molecule has 5 nitrogen and oxygen atoms in total. The second-order valence-corrected chi connectivity index (χ2v) is 5.44. The van der Waals surface area contributed by atoms with E-state index in [4.69, 9.17) is 9.31 Å². The van der Waals surface area contributed by atoms with E-state index in [-0.39, 0.29) is 29.5 Å². The first-order valence-corrected chi connectivity index (χ1v) is 7.51. The van der Waals surface area contributed by atoms with Gasteiger partial charge in [-0.05, 0) is 19.6 Å². The van der Waals surface area contributed by atoms with Gasteiger partial charge in [-0.1, -0.05) is 13.3 Å². The van der Waals surface area contributed by atoms with Crippen LogP contribution in [0.15, 0.2) is 0 Å². The molecule has 1 saturated heterocycles. The van der Waals surface area contributed by atoms with E-state index in [1.165, 1.54) is 11.8 Å². The Morgan fingerprint density at radius 2 is 2.33 bits per heavy atom. The minimum absolute atomic E-state index is 0.0498. The van der Waals surface area contributed by atoms with Crippen molar-refractivity contribution in [1.82, 2.24) is 5.32 Å². The van der Waals surface area contributed by atoms with Crippen LogP contribution in [0.5, 0.6) is 0 Å². The van der Waals surface area contributed by atoms with Gasteiger partial charge < -0.3 is 14.6 Å². The van der Waals surface area contributed by atoms with Crippen molar-refractivity contribution >= 4 is 30.8 Å². The zero-order valence-corrected chi connectivity index (χ0v) is 11.9. The molecule has 1 rings (SSSR count). The van der Waals surface area contributed by atoms with Crippen molar-refractivity contribution in [3.8, 4) is 0 Å². The fourth-order valence-electron chi connectivity index (χ4n) is 1.67. The number of hydrogen-bond acceptors (Lipinski definition) is 5. The van der Waals surface area contributed by atoms with Crippen LogP contribution >= 0.6 is 11.8 Å². The quantitative estimate of drug-likeness (QED) is 0.732. The molecule has 0 aliphatic carbocycles. The van der Waals surface area contributed by atoms with Gasteiger partial charge in [-0.15, -0.1) is 0 Å². The van der Waals surface area contributed by atoms with Gasteiger partial charge in [-0.2, -0.15) is 11.8 Å². The first-order valence-electron chi connectivity index (χ1n) is 6.22. The molecular weight excluding hydrogens is 253 g/mol. The average molecular weight is 273 g/mol. The molecular formula is C11H20BNO4S. The van der Waals surface area contributed by atoms with Gasteiger partial charge in [0.2, 0.25) is 5.91 Å². The van der Waals surface area contributed by atoms with E-state index in [9.17, 15) is 9.59 Å². The summed E-state index contributed by atoms with van der Waals surface area (Å²) in [7, 11) is -0.649. The smallest absolute Gasteiger partial charge is 0.508 e. The van der Waals surface area contributed by atoms with Gasteiger partial charge in [0.25, 0.3) is 5.97 Å². The number of carbonyl (C=O) groups excluding carboxylic acids is 2. The topological polar surface area (TPSA) is 64.6 Å². The van der Waals surface area contributed by atoms with E-state index in [1.54, 1.807) is 0 Å². The number of hydrogen-bond donors (Lipinski definition) is 1. The molecule has 7 heteroatoms. The van der Waals surface area contributed by atoms with Crippen molar-refractivity contribution in [2.75, 3.05) is 12.9 Å². The molecule has 102 valence electrons. The van der Waals surface area contributed by atoms with Crippen LogP contribution in [0, 0.1) is 0 Å². The van der Waals surface area contributed by atoms with Gasteiger partial charge in [0.1, 0.15) is 0 Å². The summed E-state index contributed by atoms with van der Waals surface area (Å²) in [6.07, 6.45) is 3.78. The highest BCUT2D eigenvalue weighted by Crippen LogP contribution is 2.12. The molecule has 0 saturated carbocycles. The SMILES string of the molecule is CCCC(NC(=O)C(C)SC)B1OCCC(=O)O1. The molecule has 1 aliphatic rings. The Morgan fingerprint density at radius 3 is 2.89 bits per heavy atom. The van der Waals surface area contributed by atoms with E-state index in [1.807, 2.05) is 20.1 Å². The molecule has 1 heterocycles. The summed E-state index contributed by atoms with van der Waals surface area (Å²) in [5, 5.41) is 2.78. The van der Waals surface area contributed by atoms with E-state index in [0.29, 0.717) is 6.61 Å². The first kappa shape index (κ1) is 15.4. The minimum Gasteiger partial charge on any atom is -0.508 e. The molecule has 1 N–H and O–H groups in total. The average Bonchev–Trinajstić information content (AvgIpc) is 2.37. The van der Waals surface area contributed by atoms with E-state index in [2.05, 4.69) is 5.32 Å². The Morgan fingerprint density at radius 1 is 1.61 bits per heavy atom. The van der Waals surface area contributed by atoms with Crippen LogP contribution in [0.2, 0.25) is 0 Å². The van der Waals surface area contributed by atoms with Gasteiger partial charge >= 0.3 is 7.12 Å². The second-order valence-electron chi connectivity index (χ2n) is 4.26. The number of thioether (sulfide) groups is 1. The van der Waals surface area contributed by atoms with Crippen molar-refractivity contribution in [1.29, 1.82) is 0 Å². The second kappa shape index (κ2) is 7.68. The number of nitrogens with one attached hydrogen (secondary N) is 1. The lowest BCUT2D eigenvalue weighted by Gasteiger charge is -2.27. The molecule has 2 unspecified atom stereocenters. The zero-order chi connectivity index (χ0) is 13.5. The molecule has 1 aliphatic heterocycles. The summed E-state index contributed by atoms with van der Waals surface area (Å²) in [6, 6.07) is 0. The third-order valence-electron chi connectivity index (χ3n) is 2.81. The number of amides is 1. The Balaban J connectivity index is 2.58. The fraction of sp³-hybridized carbons (Fsp3) is 0.818. The van der Waals surface area contributed by atoms with E-state index >= 15 is 0 Å². The maximum absolute atomic E-state index is 11.9. The van der Waals surface area contributed by atoms with Crippen LogP contribution in [0.3, 0.4) is 0 Å². The van der Waals surface area contributed by atoms with E-state index in [0.717, 1.165) is 12.8 Å². The van der Waals surface area contributed by atoms with Crippen molar-refractivity contribution in [3.63, 3.8) is 0 Å². The maximum Gasteiger partial charge on any atom is 0.551 e. The van der Waals surface area contributed by atoms with Gasteiger partial charge in [0.05, 0.1) is 17.6 Å². The summed E-state index contributed by atoms with van der Waals surface area (Å²) >= 11 is 1.48. The lowest BCUT2D eigenvalue weighted by Crippen LogP contribution is -2.53. The van der Waals surface area contributed by atoms with Crippen molar-refractivity contribution in [2.24, 2.45) is 0 Å². The van der Waals surface area contributed by atoms with Crippen LogP contribution in [0.4, 0.5) is 0 Å². The van der Waals surface area contributed by atoms with Crippen LogP contribution in [-0.2, 0) is 18.9 Å². The van der Waals surface area contributed by atoms with Crippen molar-refractivity contribution < 1.29 is 18.9 Å². The molecule has 18 heavy (non-hydrogen) atoms. The summed E-state index contributed by atoms with van der Waals surface area (Å²) in [4.78, 5) is 23.1. The third kappa shape index (κ3) is 4.53. The summed E-state index contributed by atoms with van der Waals surface area (Å²) in [5.74, 6) is -0.577. The van der Waals surface area contributed by atoms with Crippen LogP contribution < -0.4 is 5.32 Å². The van der Waals surface area contributed by atoms with Gasteiger partial charge in [-0.3, -0.25) is 9.59 Å². The standard InChI is InChI=1S/C11H20BNO4S/c1-4-5-9(13-11(15)8(2)18-3)12-16-7-6-10(14)17-12/h8-9H,4-7H2,1-3H3,(H,13,15). The predicted molar refractivity (Wildman–Crippen MR) is 72.2 cm³/mol. The third-order valence-corrected chi connectivity index (χ3v) is 3.74.